The van der Waals surface area contributed by atoms with Crippen molar-refractivity contribution in [1.82, 2.24) is 4.90 Å². The topological polar surface area (TPSA) is 57.7 Å². The summed E-state index contributed by atoms with van der Waals surface area (Å²) in [5.41, 5.74) is 3.15. The summed E-state index contributed by atoms with van der Waals surface area (Å²) in [5, 5.41) is 0. The lowest BCUT2D eigenvalue weighted by Crippen LogP contribution is -2.58. The third-order valence-electron chi connectivity index (χ3n) is 6.15. The van der Waals surface area contributed by atoms with E-state index >= 15 is 0 Å². The van der Waals surface area contributed by atoms with E-state index in [1.807, 2.05) is 38.2 Å². The minimum Gasteiger partial charge on any atom is -0.373 e. The van der Waals surface area contributed by atoms with E-state index in [4.69, 9.17) is 0 Å². The van der Waals surface area contributed by atoms with Crippen LogP contribution in [0.3, 0.4) is 0 Å². The van der Waals surface area contributed by atoms with Crippen molar-refractivity contribution in [3.05, 3.63) is 59.7 Å². The second-order valence-electron chi connectivity index (χ2n) is 7.94. The maximum absolute atomic E-state index is 13.6. The second-order valence-corrected chi connectivity index (χ2v) is 10.2. The Morgan fingerprint density at radius 3 is 2.32 bits per heavy atom. The van der Waals surface area contributed by atoms with E-state index in [1.54, 1.807) is 29.2 Å². The Bertz CT molecular complexity index is 995. The zero-order valence-electron chi connectivity index (χ0n) is 16.4. The molecule has 2 aliphatic rings. The Morgan fingerprint density at radius 1 is 1.00 bits per heavy atom. The first-order valence-electron chi connectivity index (χ1n) is 9.75. The SMILES string of the molecule is Cc1ccc(S(=O)(=O)C2(C(=O)N3CCN(C)c4ccccc4C3)CCC2)cc1. The molecule has 1 amide bonds. The van der Waals surface area contributed by atoms with Crippen LogP contribution in [0.25, 0.3) is 0 Å². The number of rotatable bonds is 3. The zero-order valence-corrected chi connectivity index (χ0v) is 17.2. The molecule has 0 atom stereocenters. The molecule has 0 unspecified atom stereocenters. The fourth-order valence-electron chi connectivity index (χ4n) is 4.19. The van der Waals surface area contributed by atoms with Crippen LogP contribution < -0.4 is 4.90 Å². The van der Waals surface area contributed by atoms with Crippen molar-refractivity contribution in [2.45, 2.75) is 42.4 Å². The first-order valence-corrected chi connectivity index (χ1v) is 11.2. The molecule has 0 spiro atoms. The highest BCUT2D eigenvalue weighted by molar-refractivity contribution is 7.93. The molecule has 4 rings (SSSR count). The van der Waals surface area contributed by atoms with Gasteiger partial charge in [0.05, 0.1) is 4.90 Å². The van der Waals surface area contributed by atoms with Crippen molar-refractivity contribution in [1.29, 1.82) is 0 Å². The Hall–Kier alpha value is -2.34. The van der Waals surface area contributed by atoms with Crippen molar-refractivity contribution in [2.75, 3.05) is 25.0 Å². The van der Waals surface area contributed by atoms with Crippen LogP contribution in [0.15, 0.2) is 53.4 Å². The van der Waals surface area contributed by atoms with Crippen LogP contribution >= 0.6 is 0 Å². The zero-order chi connectivity index (χ0) is 19.9. The predicted octanol–water partition coefficient (Wildman–Crippen LogP) is 3.17. The highest BCUT2D eigenvalue weighted by Crippen LogP contribution is 2.45. The number of carbonyl (C=O) groups excluding carboxylic acids is 1. The van der Waals surface area contributed by atoms with E-state index in [-0.39, 0.29) is 10.8 Å². The minimum atomic E-state index is -3.74. The van der Waals surface area contributed by atoms with E-state index in [0.717, 1.165) is 23.2 Å². The van der Waals surface area contributed by atoms with Gasteiger partial charge in [-0.05, 0) is 49.9 Å². The Kier molecular flexibility index (Phi) is 4.70. The van der Waals surface area contributed by atoms with Crippen LogP contribution in [0.2, 0.25) is 0 Å². The van der Waals surface area contributed by atoms with Crippen molar-refractivity contribution >= 4 is 21.4 Å². The summed E-state index contributed by atoms with van der Waals surface area (Å²) in [5.74, 6) is -0.246. The summed E-state index contributed by atoms with van der Waals surface area (Å²) < 4.78 is 25.6. The van der Waals surface area contributed by atoms with Crippen LogP contribution in [0, 0.1) is 6.92 Å². The average molecular weight is 399 g/mol. The number of likely N-dealkylation sites (N-methyl/N-ethyl adjacent to an activating group) is 1. The highest BCUT2D eigenvalue weighted by Gasteiger charge is 2.57. The molecular weight excluding hydrogens is 372 g/mol. The molecule has 2 aromatic rings. The number of fused-ring (bicyclic) bond motifs is 1. The van der Waals surface area contributed by atoms with Crippen molar-refractivity contribution < 1.29 is 13.2 Å². The van der Waals surface area contributed by atoms with Gasteiger partial charge in [-0.15, -0.1) is 0 Å². The molecule has 5 nitrogen and oxygen atoms in total. The molecule has 0 N–H and O–H groups in total. The first kappa shape index (κ1) is 19.0. The van der Waals surface area contributed by atoms with Gasteiger partial charge in [-0.3, -0.25) is 4.79 Å². The van der Waals surface area contributed by atoms with Gasteiger partial charge >= 0.3 is 0 Å². The Morgan fingerprint density at radius 2 is 1.68 bits per heavy atom. The average Bonchev–Trinajstić information content (AvgIpc) is 2.80. The van der Waals surface area contributed by atoms with Gasteiger partial charge in [-0.2, -0.15) is 0 Å². The van der Waals surface area contributed by atoms with Gasteiger partial charge in [0, 0.05) is 32.4 Å². The maximum Gasteiger partial charge on any atom is 0.244 e. The molecule has 0 aromatic heterocycles. The molecule has 1 heterocycles. The summed E-state index contributed by atoms with van der Waals surface area (Å²) in [7, 11) is -1.73. The van der Waals surface area contributed by atoms with Crippen LogP contribution in [-0.2, 0) is 21.2 Å². The molecule has 0 radical (unpaired) electrons. The van der Waals surface area contributed by atoms with Crippen molar-refractivity contribution in [2.24, 2.45) is 0 Å². The number of hydrogen-bond acceptors (Lipinski definition) is 4. The normalized spacial score (nSPS) is 18.8. The summed E-state index contributed by atoms with van der Waals surface area (Å²) in [6, 6.07) is 14.9. The Labute approximate surface area is 166 Å². The molecule has 1 aliphatic carbocycles. The minimum absolute atomic E-state index is 0.246. The number of hydrogen-bond donors (Lipinski definition) is 0. The van der Waals surface area contributed by atoms with Gasteiger partial charge in [-0.1, -0.05) is 35.9 Å². The van der Waals surface area contributed by atoms with Gasteiger partial charge in [0.2, 0.25) is 5.91 Å². The lowest BCUT2D eigenvalue weighted by molar-refractivity contribution is -0.136. The highest BCUT2D eigenvalue weighted by atomic mass is 32.2. The molecular formula is C22H26N2O3S. The molecule has 0 bridgehead atoms. The molecule has 0 saturated heterocycles. The van der Waals surface area contributed by atoms with Crippen LogP contribution in [0.5, 0.6) is 0 Å². The summed E-state index contributed by atoms with van der Waals surface area (Å²) >= 11 is 0. The number of para-hydroxylation sites is 1. The molecule has 1 aliphatic heterocycles. The maximum atomic E-state index is 13.6. The van der Waals surface area contributed by atoms with Crippen LogP contribution in [0.1, 0.15) is 30.4 Å². The number of sulfone groups is 1. The quantitative estimate of drug-likeness (QED) is 0.797. The van der Waals surface area contributed by atoms with E-state index in [9.17, 15) is 13.2 Å². The summed E-state index contributed by atoms with van der Waals surface area (Å²) in [6.45, 7) is 3.58. The van der Waals surface area contributed by atoms with Crippen LogP contribution in [-0.4, -0.2) is 44.1 Å². The second kappa shape index (κ2) is 6.92. The fraction of sp³-hybridized carbons (Fsp3) is 0.409. The molecule has 148 valence electrons. The molecule has 2 aromatic carbocycles. The van der Waals surface area contributed by atoms with E-state index in [2.05, 4.69) is 4.90 Å². The van der Waals surface area contributed by atoms with Gasteiger partial charge in [-0.25, -0.2) is 8.42 Å². The standard InChI is InChI=1S/C22H26N2O3S/c1-17-8-10-19(11-9-17)28(26,27)22(12-5-13-22)21(25)24-15-14-23(2)20-7-4-3-6-18(20)16-24/h3-4,6-11H,5,12-16H2,1-2H3. The first-order chi connectivity index (χ1) is 13.3. The smallest absolute Gasteiger partial charge is 0.244 e. The van der Waals surface area contributed by atoms with Crippen LogP contribution in [0.4, 0.5) is 5.69 Å². The third-order valence-corrected chi connectivity index (χ3v) is 8.66. The molecule has 1 fully saturated rings. The summed E-state index contributed by atoms with van der Waals surface area (Å²) in [6.07, 6.45) is 1.56. The van der Waals surface area contributed by atoms with Crippen molar-refractivity contribution in [3.8, 4) is 0 Å². The lowest BCUT2D eigenvalue weighted by Gasteiger charge is -2.42. The number of aryl methyl sites for hydroxylation is 1. The Balaban J connectivity index is 1.69. The summed E-state index contributed by atoms with van der Waals surface area (Å²) in [4.78, 5) is 17.7. The van der Waals surface area contributed by atoms with E-state index in [1.165, 1.54) is 0 Å². The van der Waals surface area contributed by atoms with Gasteiger partial charge in [0.25, 0.3) is 0 Å². The largest absolute Gasteiger partial charge is 0.373 e. The van der Waals surface area contributed by atoms with Crippen molar-refractivity contribution in [3.63, 3.8) is 0 Å². The number of benzene rings is 2. The van der Waals surface area contributed by atoms with E-state index < -0.39 is 14.6 Å². The van der Waals surface area contributed by atoms with Gasteiger partial charge in [0.1, 0.15) is 0 Å². The molecule has 28 heavy (non-hydrogen) atoms. The number of carbonyl (C=O) groups is 1. The molecule has 1 saturated carbocycles. The van der Waals surface area contributed by atoms with E-state index in [0.29, 0.717) is 32.5 Å². The number of nitrogens with zero attached hydrogens (tertiary/aromatic N) is 2. The third kappa shape index (κ3) is 2.91. The predicted molar refractivity (Wildman–Crippen MR) is 110 cm³/mol. The monoisotopic (exact) mass is 398 g/mol. The molecule has 6 heteroatoms. The number of anilines is 1. The van der Waals surface area contributed by atoms with Gasteiger partial charge < -0.3 is 9.80 Å². The number of amides is 1. The fourth-order valence-corrected chi connectivity index (χ4v) is 6.32. The van der Waals surface area contributed by atoms with Gasteiger partial charge in [0.15, 0.2) is 14.6 Å². The lowest BCUT2D eigenvalue weighted by atomic mass is 9.83.